The number of rotatable bonds is 4. The van der Waals surface area contributed by atoms with Crippen molar-refractivity contribution in [1.29, 1.82) is 0 Å². The van der Waals surface area contributed by atoms with Crippen molar-refractivity contribution in [2.24, 2.45) is 0 Å². The van der Waals surface area contributed by atoms with Crippen molar-refractivity contribution >= 4 is 49.0 Å². The lowest BCUT2D eigenvalue weighted by atomic mass is 10.1. The molecule has 0 N–H and O–H groups in total. The van der Waals surface area contributed by atoms with Crippen LogP contribution in [0.2, 0.25) is 0 Å². The maximum atomic E-state index is 12.3. The Morgan fingerprint density at radius 3 is 2.78 bits per heavy atom. The summed E-state index contributed by atoms with van der Waals surface area (Å²) in [5, 5.41) is 0. The molecule has 0 radical (unpaired) electrons. The lowest BCUT2D eigenvalue weighted by molar-refractivity contribution is 0.103. The molecule has 94 valence electrons. The minimum atomic E-state index is -0.0714. The molecule has 2 aromatic heterocycles. The van der Waals surface area contributed by atoms with Gasteiger partial charge in [-0.2, -0.15) is 0 Å². The van der Waals surface area contributed by atoms with Gasteiger partial charge in [0.15, 0.2) is 5.78 Å². The highest BCUT2D eigenvalue weighted by Gasteiger charge is 2.16. The topological polar surface area (TPSA) is 39.2 Å². The Hall–Kier alpha value is -0.720. The Kier molecular flexibility index (Phi) is 4.53. The average molecular weight is 391 g/mol. The average Bonchev–Trinajstić information content (AvgIpc) is 2.68. The number of pyridine rings is 1. The highest BCUT2D eigenvalue weighted by atomic mass is 79.9. The second-order valence-electron chi connectivity index (χ2n) is 3.41. The molecule has 0 aromatic carbocycles. The summed E-state index contributed by atoms with van der Waals surface area (Å²) in [5.74, 6) is 0.534. The first-order valence-corrected chi connectivity index (χ1v) is 7.59. The quantitative estimate of drug-likeness (QED) is 0.730. The Labute approximate surface area is 125 Å². The van der Waals surface area contributed by atoms with Crippen LogP contribution in [0.3, 0.4) is 0 Å². The predicted octanol–water partition coefficient (Wildman–Crippen LogP) is 4.30. The highest BCUT2D eigenvalue weighted by Crippen LogP contribution is 2.33. The number of ether oxygens (including phenoxy) is 1. The number of thiophene rings is 1. The van der Waals surface area contributed by atoms with E-state index in [0.717, 1.165) is 7.57 Å². The molecular weight excluding hydrogens is 382 g/mol. The molecule has 3 nitrogen and oxygen atoms in total. The van der Waals surface area contributed by atoms with E-state index in [4.69, 9.17) is 4.74 Å². The van der Waals surface area contributed by atoms with E-state index in [1.165, 1.54) is 11.3 Å². The Bertz CT molecular complexity index is 583. The van der Waals surface area contributed by atoms with Crippen molar-refractivity contribution in [3.05, 3.63) is 43.2 Å². The molecule has 0 saturated heterocycles. The summed E-state index contributed by atoms with van der Waals surface area (Å²) in [5.41, 5.74) is 1.15. The van der Waals surface area contributed by atoms with Crippen LogP contribution in [0.4, 0.5) is 0 Å². The molecule has 0 aliphatic carbocycles. The fourth-order valence-corrected chi connectivity index (χ4v) is 4.23. The summed E-state index contributed by atoms with van der Waals surface area (Å²) in [4.78, 5) is 16.3. The second-order valence-corrected chi connectivity index (χ2v) is 7.16. The SMILES string of the molecule is CCOc1cncc(C(=O)c2cc(Br)sc2Br)c1. The molecule has 0 aliphatic rings. The van der Waals surface area contributed by atoms with Crippen molar-refractivity contribution < 1.29 is 9.53 Å². The molecule has 0 saturated carbocycles. The van der Waals surface area contributed by atoms with Crippen molar-refractivity contribution in [3.8, 4) is 5.75 Å². The number of halogens is 2. The van der Waals surface area contributed by atoms with Crippen LogP contribution in [0.25, 0.3) is 0 Å². The number of carbonyl (C=O) groups excluding carboxylic acids is 1. The lowest BCUT2D eigenvalue weighted by Gasteiger charge is -2.04. The van der Waals surface area contributed by atoms with Gasteiger partial charge in [-0.05, 0) is 50.9 Å². The van der Waals surface area contributed by atoms with Crippen LogP contribution in [0.1, 0.15) is 22.8 Å². The van der Waals surface area contributed by atoms with E-state index in [9.17, 15) is 4.79 Å². The van der Waals surface area contributed by atoms with Crippen LogP contribution in [0.5, 0.6) is 5.75 Å². The third-order valence-corrected chi connectivity index (χ3v) is 4.53. The third-order valence-electron chi connectivity index (χ3n) is 2.19. The van der Waals surface area contributed by atoms with Gasteiger partial charge in [-0.3, -0.25) is 9.78 Å². The van der Waals surface area contributed by atoms with E-state index in [-0.39, 0.29) is 5.78 Å². The molecule has 2 rings (SSSR count). The zero-order valence-corrected chi connectivity index (χ0v) is 13.4. The van der Waals surface area contributed by atoms with Gasteiger partial charge in [-0.15, -0.1) is 11.3 Å². The summed E-state index contributed by atoms with van der Waals surface area (Å²) < 4.78 is 7.05. The smallest absolute Gasteiger partial charge is 0.196 e. The highest BCUT2D eigenvalue weighted by molar-refractivity contribution is 9.12. The number of hydrogen-bond acceptors (Lipinski definition) is 4. The predicted molar refractivity (Wildman–Crippen MR) is 78.6 cm³/mol. The van der Waals surface area contributed by atoms with Gasteiger partial charge >= 0.3 is 0 Å². The molecule has 0 unspecified atom stereocenters. The van der Waals surface area contributed by atoms with Gasteiger partial charge in [0.05, 0.1) is 20.4 Å². The molecule has 18 heavy (non-hydrogen) atoms. The van der Waals surface area contributed by atoms with Gasteiger partial charge in [0.1, 0.15) is 5.75 Å². The number of nitrogens with zero attached hydrogens (tertiary/aromatic N) is 1. The number of hydrogen-bond donors (Lipinski definition) is 0. The normalized spacial score (nSPS) is 10.4. The fraction of sp³-hybridized carbons (Fsp3) is 0.167. The van der Waals surface area contributed by atoms with Crippen molar-refractivity contribution in [2.75, 3.05) is 6.61 Å². The van der Waals surface area contributed by atoms with Crippen molar-refractivity contribution in [1.82, 2.24) is 4.98 Å². The van der Waals surface area contributed by atoms with E-state index in [1.807, 2.05) is 6.92 Å². The Balaban J connectivity index is 2.34. The summed E-state index contributed by atoms with van der Waals surface area (Å²) in [7, 11) is 0. The van der Waals surface area contributed by atoms with Gasteiger partial charge in [0.2, 0.25) is 0 Å². The molecule has 0 bridgehead atoms. The van der Waals surface area contributed by atoms with Gasteiger partial charge < -0.3 is 4.74 Å². The van der Waals surface area contributed by atoms with E-state index >= 15 is 0 Å². The first-order valence-electron chi connectivity index (χ1n) is 5.19. The van der Waals surface area contributed by atoms with Crippen molar-refractivity contribution in [2.45, 2.75) is 6.92 Å². The summed E-state index contributed by atoms with van der Waals surface area (Å²) >= 11 is 8.21. The van der Waals surface area contributed by atoms with Gasteiger partial charge in [-0.1, -0.05) is 0 Å². The fourth-order valence-electron chi connectivity index (χ4n) is 1.44. The van der Waals surface area contributed by atoms with E-state index < -0.39 is 0 Å². The Morgan fingerprint density at radius 2 is 2.17 bits per heavy atom. The minimum Gasteiger partial charge on any atom is -0.492 e. The van der Waals surface area contributed by atoms with Crippen LogP contribution < -0.4 is 4.74 Å². The molecule has 2 aromatic rings. The van der Waals surface area contributed by atoms with Gasteiger partial charge in [-0.25, -0.2) is 0 Å². The molecule has 2 heterocycles. The summed E-state index contributed by atoms with van der Waals surface area (Å²) in [6.45, 7) is 2.44. The van der Waals surface area contributed by atoms with Crippen LogP contribution >= 0.6 is 43.2 Å². The molecular formula is C12H9Br2NO2S. The standard InChI is InChI=1S/C12H9Br2NO2S/c1-2-17-8-3-7(5-15-6-8)11(16)9-4-10(13)18-12(9)14/h3-6H,2H2,1H3. The Morgan fingerprint density at radius 1 is 1.39 bits per heavy atom. The molecule has 0 amide bonds. The number of carbonyl (C=O) groups is 1. The number of aromatic nitrogens is 1. The molecule has 6 heteroatoms. The molecule has 0 atom stereocenters. The zero-order valence-electron chi connectivity index (χ0n) is 9.44. The minimum absolute atomic E-state index is 0.0714. The third kappa shape index (κ3) is 2.99. The monoisotopic (exact) mass is 389 g/mol. The summed E-state index contributed by atoms with van der Waals surface area (Å²) in [6.07, 6.45) is 3.14. The van der Waals surface area contributed by atoms with Gasteiger partial charge in [0.25, 0.3) is 0 Å². The zero-order chi connectivity index (χ0) is 13.1. The van der Waals surface area contributed by atoms with E-state index in [0.29, 0.717) is 23.5 Å². The first-order chi connectivity index (χ1) is 8.61. The number of ketones is 1. The maximum absolute atomic E-state index is 12.3. The second kappa shape index (κ2) is 5.95. The van der Waals surface area contributed by atoms with E-state index in [1.54, 1.807) is 24.5 Å². The van der Waals surface area contributed by atoms with Crippen LogP contribution in [-0.2, 0) is 0 Å². The molecule has 0 aliphatic heterocycles. The molecule has 0 spiro atoms. The van der Waals surface area contributed by atoms with Crippen molar-refractivity contribution in [3.63, 3.8) is 0 Å². The summed E-state index contributed by atoms with van der Waals surface area (Å²) in [6, 6.07) is 3.50. The van der Waals surface area contributed by atoms with E-state index in [2.05, 4.69) is 36.8 Å². The maximum Gasteiger partial charge on any atom is 0.196 e. The van der Waals surface area contributed by atoms with Gasteiger partial charge in [0, 0.05) is 17.3 Å². The van der Waals surface area contributed by atoms with Crippen LogP contribution in [-0.4, -0.2) is 17.4 Å². The molecule has 0 fully saturated rings. The lowest BCUT2D eigenvalue weighted by Crippen LogP contribution is -2.02. The first kappa shape index (κ1) is 13.7. The van der Waals surface area contributed by atoms with Crippen LogP contribution in [0.15, 0.2) is 32.1 Å². The van der Waals surface area contributed by atoms with Crippen LogP contribution in [0, 0.1) is 0 Å². The largest absolute Gasteiger partial charge is 0.492 e.